The van der Waals surface area contributed by atoms with Crippen LogP contribution in [0.1, 0.15) is 37.2 Å². The molecule has 0 aliphatic carbocycles. The zero-order valence-electron chi connectivity index (χ0n) is 9.55. The van der Waals surface area contributed by atoms with Crippen molar-refractivity contribution in [3.05, 3.63) is 17.8 Å². The summed E-state index contributed by atoms with van der Waals surface area (Å²) in [6.45, 7) is 6.25. The van der Waals surface area contributed by atoms with Crippen molar-refractivity contribution < 1.29 is 9.21 Å². The molecule has 0 radical (unpaired) electrons. The van der Waals surface area contributed by atoms with Crippen LogP contribution in [0.5, 0.6) is 0 Å². The summed E-state index contributed by atoms with van der Waals surface area (Å²) < 4.78 is 5.25. The Morgan fingerprint density at radius 1 is 1.53 bits per heavy atom. The van der Waals surface area contributed by atoms with Gasteiger partial charge in [-0.15, -0.1) is 0 Å². The number of amides is 1. The van der Waals surface area contributed by atoms with E-state index in [0.717, 1.165) is 0 Å². The fourth-order valence-electron chi connectivity index (χ4n) is 1.05. The van der Waals surface area contributed by atoms with Crippen molar-refractivity contribution >= 4 is 5.91 Å². The summed E-state index contributed by atoms with van der Waals surface area (Å²) in [5, 5.41) is 5.69. The number of aromatic nitrogens is 1. The first-order chi connectivity index (χ1) is 6.92. The standard InChI is InChI=1S/C10H17N3O2/c1-10(2,3)13-9(14)7-5-12-8(15-7)6-11-4/h5,11H,6H2,1-4H3,(H,13,14). The van der Waals surface area contributed by atoms with Gasteiger partial charge in [0.2, 0.25) is 11.7 Å². The van der Waals surface area contributed by atoms with Crippen LogP contribution < -0.4 is 10.6 Å². The normalized spacial score (nSPS) is 11.5. The van der Waals surface area contributed by atoms with Crippen LogP contribution in [-0.2, 0) is 6.54 Å². The second kappa shape index (κ2) is 4.44. The van der Waals surface area contributed by atoms with Crippen LogP contribution in [0.2, 0.25) is 0 Å². The van der Waals surface area contributed by atoms with Crippen LogP contribution in [0.25, 0.3) is 0 Å². The second-order valence-electron chi connectivity index (χ2n) is 4.35. The first-order valence-corrected chi connectivity index (χ1v) is 4.84. The molecular weight excluding hydrogens is 194 g/mol. The predicted molar refractivity (Wildman–Crippen MR) is 56.5 cm³/mol. The number of carbonyl (C=O) groups excluding carboxylic acids is 1. The molecule has 2 N–H and O–H groups in total. The molecule has 1 amide bonds. The van der Waals surface area contributed by atoms with Gasteiger partial charge in [-0.3, -0.25) is 4.79 Å². The molecule has 0 saturated carbocycles. The lowest BCUT2D eigenvalue weighted by Gasteiger charge is -2.19. The maximum absolute atomic E-state index is 11.6. The Balaban J connectivity index is 2.66. The summed E-state index contributed by atoms with van der Waals surface area (Å²) in [6, 6.07) is 0. The number of rotatable bonds is 3. The highest BCUT2D eigenvalue weighted by Gasteiger charge is 2.18. The van der Waals surface area contributed by atoms with Gasteiger partial charge in [-0.2, -0.15) is 0 Å². The first-order valence-electron chi connectivity index (χ1n) is 4.84. The van der Waals surface area contributed by atoms with Gasteiger partial charge in [0.25, 0.3) is 5.91 Å². The third-order valence-corrected chi connectivity index (χ3v) is 1.59. The Morgan fingerprint density at radius 2 is 2.20 bits per heavy atom. The minimum Gasteiger partial charge on any atom is -0.434 e. The molecular formula is C10H17N3O2. The predicted octanol–water partition coefficient (Wildman–Crippen LogP) is 0.922. The number of oxazole rings is 1. The zero-order valence-corrected chi connectivity index (χ0v) is 9.55. The molecule has 0 fully saturated rings. The molecule has 0 aliphatic heterocycles. The summed E-state index contributed by atoms with van der Waals surface area (Å²) >= 11 is 0. The van der Waals surface area contributed by atoms with Crippen LogP contribution in [0.4, 0.5) is 0 Å². The molecule has 0 aliphatic rings. The van der Waals surface area contributed by atoms with Crippen LogP contribution >= 0.6 is 0 Å². The minimum absolute atomic E-state index is 0.239. The molecule has 1 rings (SSSR count). The van der Waals surface area contributed by atoms with E-state index in [2.05, 4.69) is 15.6 Å². The first kappa shape index (κ1) is 11.7. The van der Waals surface area contributed by atoms with Gasteiger partial charge >= 0.3 is 0 Å². The zero-order chi connectivity index (χ0) is 11.5. The minimum atomic E-state index is -0.271. The molecule has 15 heavy (non-hydrogen) atoms. The van der Waals surface area contributed by atoms with Crippen molar-refractivity contribution in [1.29, 1.82) is 0 Å². The van der Waals surface area contributed by atoms with Crippen molar-refractivity contribution in [2.24, 2.45) is 0 Å². The van der Waals surface area contributed by atoms with Crippen molar-refractivity contribution in [2.75, 3.05) is 7.05 Å². The van der Waals surface area contributed by atoms with E-state index in [9.17, 15) is 4.79 Å². The number of nitrogens with zero attached hydrogens (tertiary/aromatic N) is 1. The molecule has 0 saturated heterocycles. The summed E-state index contributed by atoms with van der Waals surface area (Å²) in [4.78, 5) is 15.6. The molecule has 0 spiro atoms. The van der Waals surface area contributed by atoms with Crippen molar-refractivity contribution in [3.8, 4) is 0 Å². The highest BCUT2D eigenvalue weighted by atomic mass is 16.4. The number of nitrogens with one attached hydrogen (secondary N) is 2. The summed E-state index contributed by atoms with van der Waals surface area (Å²) in [5.74, 6) is 0.518. The maximum atomic E-state index is 11.6. The Kier molecular flexibility index (Phi) is 3.47. The van der Waals surface area contributed by atoms with Gasteiger partial charge in [-0.1, -0.05) is 0 Å². The van der Waals surface area contributed by atoms with Crippen LogP contribution in [0, 0.1) is 0 Å². The fourth-order valence-corrected chi connectivity index (χ4v) is 1.05. The molecule has 1 heterocycles. The fraction of sp³-hybridized carbons (Fsp3) is 0.600. The average molecular weight is 211 g/mol. The second-order valence-corrected chi connectivity index (χ2v) is 4.35. The third kappa shape index (κ3) is 3.71. The molecule has 84 valence electrons. The van der Waals surface area contributed by atoms with Crippen molar-refractivity contribution in [1.82, 2.24) is 15.6 Å². The van der Waals surface area contributed by atoms with Crippen molar-refractivity contribution in [3.63, 3.8) is 0 Å². The van der Waals surface area contributed by atoms with Crippen molar-refractivity contribution in [2.45, 2.75) is 32.9 Å². The summed E-state index contributed by atoms with van der Waals surface area (Å²) in [6.07, 6.45) is 1.44. The Hall–Kier alpha value is -1.36. The highest BCUT2D eigenvalue weighted by molar-refractivity contribution is 5.91. The topological polar surface area (TPSA) is 67.2 Å². The van der Waals surface area contributed by atoms with E-state index in [-0.39, 0.29) is 17.2 Å². The largest absolute Gasteiger partial charge is 0.434 e. The maximum Gasteiger partial charge on any atom is 0.289 e. The molecule has 0 unspecified atom stereocenters. The molecule has 0 atom stereocenters. The van der Waals surface area contributed by atoms with Gasteiger partial charge < -0.3 is 15.1 Å². The molecule has 5 nitrogen and oxygen atoms in total. The van der Waals surface area contributed by atoms with E-state index in [1.165, 1.54) is 6.20 Å². The van der Waals surface area contributed by atoms with Crippen LogP contribution in [0.15, 0.2) is 10.6 Å². The van der Waals surface area contributed by atoms with Gasteiger partial charge in [0.1, 0.15) is 0 Å². The monoisotopic (exact) mass is 211 g/mol. The smallest absolute Gasteiger partial charge is 0.289 e. The van der Waals surface area contributed by atoms with Gasteiger partial charge in [0.15, 0.2) is 0 Å². The lowest BCUT2D eigenvalue weighted by molar-refractivity contribution is 0.0889. The van der Waals surface area contributed by atoms with Gasteiger partial charge in [-0.05, 0) is 27.8 Å². The van der Waals surface area contributed by atoms with E-state index < -0.39 is 0 Å². The molecule has 1 aromatic rings. The van der Waals surface area contributed by atoms with E-state index in [4.69, 9.17) is 4.42 Å². The summed E-state index contributed by atoms with van der Waals surface area (Å²) in [5.41, 5.74) is -0.271. The van der Waals surface area contributed by atoms with Crippen LogP contribution in [0.3, 0.4) is 0 Å². The lowest BCUT2D eigenvalue weighted by atomic mass is 10.1. The van der Waals surface area contributed by atoms with Crippen LogP contribution in [-0.4, -0.2) is 23.5 Å². The average Bonchev–Trinajstić information content (AvgIpc) is 2.50. The van der Waals surface area contributed by atoms with Gasteiger partial charge in [0.05, 0.1) is 12.7 Å². The van der Waals surface area contributed by atoms with E-state index in [1.807, 2.05) is 20.8 Å². The molecule has 5 heteroatoms. The number of hydrogen-bond acceptors (Lipinski definition) is 4. The quantitative estimate of drug-likeness (QED) is 0.780. The number of hydrogen-bond donors (Lipinski definition) is 2. The SMILES string of the molecule is CNCc1ncc(C(=O)NC(C)(C)C)o1. The molecule has 1 aromatic heterocycles. The Labute approximate surface area is 89.3 Å². The van der Waals surface area contributed by atoms with E-state index in [0.29, 0.717) is 12.4 Å². The molecule has 0 aromatic carbocycles. The van der Waals surface area contributed by atoms with E-state index >= 15 is 0 Å². The Bertz CT molecular complexity index is 339. The summed E-state index contributed by atoms with van der Waals surface area (Å²) in [7, 11) is 1.79. The third-order valence-electron chi connectivity index (χ3n) is 1.59. The van der Waals surface area contributed by atoms with E-state index in [1.54, 1.807) is 7.05 Å². The van der Waals surface area contributed by atoms with Gasteiger partial charge in [-0.25, -0.2) is 4.98 Å². The lowest BCUT2D eigenvalue weighted by Crippen LogP contribution is -2.40. The Morgan fingerprint density at radius 3 is 2.73 bits per heavy atom. The molecule has 0 bridgehead atoms. The highest BCUT2D eigenvalue weighted by Crippen LogP contribution is 2.06. The van der Waals surface area contributed by atoms with Gasteiger partial charge in [0, 0.05) is 5.54 Å². The number of carbonyl (C=O) groups is 1.